The van der Waals surface area contributed by atoms with Crippen molar-refractivity contribution in [2.75, 3.05) is 18.9 Å². The molecular formula is C10H15N3O2. The topological polar surface area (TPSA) is 70.3 Å². The first-order valence-corrected chi connectivity index (χ1v) is 5.17. The summed E-state index contributed by atoms with van der Waals surface area (Å²) in [6.07, 6.45) is 5.19. The molecule has 0 saturated carbocycles. The van der Waals surface area contributed by atoms with E-state index in [1.54, 1.807) is 12.3 Å². The summed E-state index contributed by atoms with van der Waals surface area (Å²) < 4.78 is 11.0. The molecule has 2 heterocycles. The Labute approximate surface area is 88.6 Å². The number of hydrogen-bond acceptors (Lipinski definition) is 5. The third-order valence-corrected chi connectivity index (χ3v) is 2.34. The first kappa shape index (κ1) is 10.2. The lowest BCUT2D eigenvalue weighted by atomic mass is 10.1. The normalized spacial score (nSPS) is 21.2. The highest BCUT2D eigenvalue weighted by Crippen LogP contribution is 2.14. The molecule has 82 valence electrons. The molecule has 1 aliphatic rings. The molecule has 1 saturated heterocycles. The summed E-state index contributed by atoms with van der Waals surface area (Å²) in [6.45, 7) is 1.37. The predicted octanol–water partition coefficient (Wildman–Crippen LogP) is 1.01. The summed E-state index contributed by atoms with van der Waals surface area (Å²) >= 11 is 0. The number of anilines is 1. The third kappa shape index (κ3) is 3.06. The van der Waals surface area contributed by atoms with Crippen LogP contribution in [-0.4, -0.2) is 29.3 Å². The van der Waals surface area contributed by atoms with E-state index in [-0.39, 0.29) is 12.1 Å². The van der Waals surface area contributed by atoms with Gasteiger partial charge in [0, 0.05) is 18.9 Å². The van der Waals surface area contributed by atoms with Gasteiger partial charge in [0.1, 0.15) is 6.61 Å². The zero-order valence-corrected chi connectivity index (χ0v) is 8.56. The first-order chi connectivity index (χ1) is 7.34. The van der Waals surface area contributed by atoms with Gasteiger partial charge in [-0.2, -0.15) is 4.98 Å². The van der Waals surface area contributed by atoms with Crippen LogP contribution in [0.2, 0.25) is 0 Å². The molecule has 1 aromatic rings. The van der Waals surface area contributed by atoms with Crippen LogP contribution in [0.1, 0.15) is 19.3 Å². The number of nitrogens with two attached hydrogens (primary N) is 1. The van der Waals surface area contributed by atoms with Crippen LogP contribution in [0, 0.1) is 0 Å². The second kappa shape index (κ2) is 4.93. The van der Waals surface area contributed by atoms with Gasteiger partial charge in [-0.3, -0.25) is 0 Å². The van der Waals surface area contributed by atoms with E-state index < -0.39 is 0 Å². The molecule has 1 unspecified atom stereocenters. The van der Waals surface area contributed by atoms with Crippen molar-refractivity contribution < 1.29 is 9.47 Å². The second-order valence-corrected chi connectivity index (χ2v) is 3.55. The molecule has 5 heteroatoms. The molecular weight excluding hydrogens is 194 g/mol. The Hall–Kier alpha value is -1.36. The van der Waals surface area contributed by atoms with Crippen LogP contribution < -0.4 is 10.5 Å². The second-order valence-electron chi connectivity index (χ2n) is 3.55. The molecule has 0 bridgehead atoms. The fraction of sp³-hybridized carbons (Fsp3) is 0.600. The Morgan fingerprint density at radius 1 is 1.53 bits per heavy atom. The van der Waals surface area contributed by atoms with Crippen LogP contribution in [0.5, 0.6) is 5.88 Å². The fourth-order valence-corrected chi connectivity index (χ4v) is 1.55. The number of aromatic nitrogens is 2. The lowest BCUT2D eigenvalue weighted by molar-refractivity contribution is -0.0119. The highest BCUT2D eigenvalue weighted by molar-refractivity contribution is 5.20. The molecule has 2 rings (SSSR count). The van der Waals surface area contributed by atoms with Gasteiger partial charge in [-0.25, -0.2) is 4.98 Å². The highest BCUT2D eigenvalue weighted by atomic mass is 16.5. The summed E-state index contributed by atoms with van der Waals surface area (Å²) in [4.78, 5) is 7.74. The molecule has 5 nitrogen and oxygen atoms in total. The van der Waals surface area contributed by atoms with Gasteiger partial charge in [0.25, 0.3) is 0 Å². The maximum atomic E-state index is 5.53. The highest BCUT2D eigenvalue weighted by Gasteiger charge is 2.14. The molecule has 0 radical (unpaired) electrons. The molecule has 0 spiro atoms. The fourth-order valence-electron chi connectivity index (χ4n) is 1.55. The number of nitrogen functional groups attached to an aromatic ring is 1. The van der Waals surface area contributed by atoms with Gasteiger partial charge < -0.3 is 15.2 Å². The average molecular weight is 209 g/mol. The Morgan fingerprint density at radius 3 is 3.20 bits per heavy atom. The SMILES string of the molecule is Nc1nccc(OCC2CCCCO2)n1. The van der Waals surface area contributed by atoms with Gasteiger partial charge in [0.2, 0.25) is 11.8 Å². The van der Waals surface area contributed by atoms with Crippen molar-refractivity contribution in [2.45, 2.75) is 25.4 Å². The summed E-state index contributed by atoms with van der Waals surface area (Å²) in [6, 6.07) is 1.69. The smallest absolute Gasteiger partial charge is 0.223 e. The van der Waals surface area contributed by atoms with Crippen molar-refractivity contribution >= 4 is 5.95 Å². The van der Waals surface area contributed by atoms with Crippen molar-refractivity contribution in [1.82, 2.24) is 9.97 Å². The van der Waals surface area contributed by atoms with E-state index in [0.29, 0.717) is 12.5 Å². The number of hydrogen-bond donors (Lipinski definition) is 1. The number of ether oxygens (including phenoxy) is 2. The van der Waals surface area contributed by atoms with Crippen molar-refractivity contribution in [3.8, 4) is 5.88 Å². The molecule has 0 aliphatic carbocycles. The van der Waals surface area contributed by atoms with Crippen LogP contribution in [-0.2, 0) is 4.74 Å². The Kier molecular flexibility index (Phi) is 3.34. The van der Waals surface area contributed by atoms with E-state index in [0.717, 1.165) is 19.4 Å². The summed E-state index contributed by atoms with van der Waals surface area (Å²) in [5.74, 6) is 0.744. The quantitative estimate of drug-likeness (QED) is 0.804. The van der Waals surface area contributed by atoms with Crippen molar-refractivity contribution in [3.05, 3.63) is 12.3 Å². The minimum atomic E-state index is 0.190. The zero-order chi connectivity index (χ0) is 10.5. The van der Waals surface area contributed by atoms with Crippen LogP contribution in [0.3, 0.4) is 0 Å². The maximum absolute atomic E-state index is 5.53. The van der Waals surface area contributed by atoms with Crippen molar-refractivity contribution in [3.63, 3.8) is 0 Å². The van der Waals surface area contributed by atoms with Crippen molar-refractivity contribution in [2.24, 2.45) is 0 Å². The molecule has 0 amide bonds. The van der Waals surface area contributed by atoms with E-state index in [4.69, 9.17) is 15.2 Å². The predicted molar refractivity (Wildman–Crippen MR) is 55.5 cm³/mol. The molecule has 1 atom stereocenters. The Bertz CT molecular complexity index is 313. The van der Waals surface area contributed by atoms with E-state index >= 15 is 0 Å². The maximum Gasteiger partial charge on any atom is 0.223 e. The van der Waals surface area contributed by atoms with Gasteiger partial charge >= 0.3 is 0 Å². The average Bonchev–Trinajstić information content (AvgIpc) is 2.28. The summed E-state index contributed by atoms with van der Waals surface area (Å²) in [5.41, 5.74) is 5.43. The molecule has 1 aliphatic heterocycles. The standard InChI is InChI=1S/C10H15N3O2/c11-10-12-5-4-9(13-10)15-7-8-3-1-2-6-14-8/h4-5,8H,1-3,6-7H2,(H2,11,12,13). The lowest BCUT2D eigenvalue weighted by Gasteiger charge is -2.22. The van der Waals surface area contributed by atoms with Crippen molar-refractivity contribution in [1.29, 1.82) is 0 Å². The number of nitrogens with zero attached hydrogens (tertiary/aromatic N) is 2. The monoisotopic (exact) mass is 209 g/mol. The van der Waals surface area contributed by atoms with Crippen LogP contribution in [0.15, 0.2) is 12.3 Å². The Morgan fingerprint density at radius 2 is 2.47 bits per heavy atom. The molecule has 15 heavy (non-hydrogen) atoms. The minimum Gasteiger partial charge on any atom is -0.475 e. The van der Waals surface area contributed by atoms with Crippen LogP contribution >= 0.6 is 0 Å². The largest absolute Gasteiger partial charge is 0.475 e. The van der Waals surface area contributed by atoms with E-state index in [1.807, 2.05) is 0 Å². The van der Waals surface area contributed by atoms with E-state index in [2.05, 4.69) is 9.97 Å². The van der Waals surface area contributed by atoms with E-state index in [9.17, 15) is 0 Å². The lowest BCUT2D eigenvalue weighted by Crippen LogP contribution is -2.26. The summed E-state index contributed by atoms with van der Waals surface area (Å²) in [7, 11) is 0. The molecule has 1 fully saturated rings. The molecule has 1 aromatic heterocycles. The van der Waals surface area contributed by atoms with E-state index in [1.165, 1.54) is 6.42 Å². The van der Waals surface area contributed by atoms with Crippen LogP contribution in [0.4, 0.5) is 5.95 Å². The minimum absolute atomic E-state index is 0.190. The number of rotatable bonds is 3. The van der Waals surface area contributed by atoms with Gasteiger partial charge in [0.05, 0.1) is 6.10 Å². The van der Waals surface area contributed by atoms with Gasteiger partial charge in [-0.1, -0.05) is 0 Å². The van der Waals surface area contributed by atoms with Gasteiger partial charge in [-0.15, -0.1) is 0 Å². The third-order valence-electron chi connectivity index (χ3n) is 2.34. The molecule has 0 aromatic carbocycles. The first-order valence-electron chi connectivity index (χ1n) is 5.17. The Balaban J connectivity index is 1.81. The summed E-state index contributed by atoms with van der Waals surface area (Å²) in [5, 5.41) is 0. The molecule has 2 N–H and O–H groups in total. The van der Waals surface area contributed by atoms with Gasteiger partial charge in [0.15, 0.2) is 0 Å². The van der Waals surface area contributed by atoms with Crippen LogP contribution in [0.25, 0.3) is 0 Å². The zero-order valence-electron chi connectivity index (χ0n) is 8.56. The van der Waals surface area contributed by atoms with Gasteiger partial charge in [-0.05, 0) is 19.3 Å².